The lowest BCUT2D eigenvalue weighted by Gasteiger charge is -2.05. The second-order valence-electron chi connectivity index (χ2n) is 3.00. The number of carbonyl (C=O) groups is 1. The van der Waals surface area contributed by atoms with E-state index in [-0.39, 0.29) is 6.61 Å². The maximum atomic E-state index is 10.8. The molecule has 0 aliphatic carbocycles. The second-order valence-corrected chi connectivity index (χ2v) is 3.00. The summed E-state index contributed by atoms with van der Waals surface area (Å²) in [4.78, 5) is 10.8. The first-order valence-corrected chi connectivity index (χ1v) is 4.30. The van der Waals surface area contributed by atoms with Gasteiger partial charge in [-0.2, -0.15) is 0 Å². The van der Waals surface area contributed by atoms with Gasteiger partial charge in [0.15, 0.2) is 0 Å². The molecule has 0 aromatic carbocycles. The van der Waals surface area contributed by atoms with E-state index in [0.29, 0.717) is 12.5 Å². The smallest absolute Gasteiger partial charge is 0.434 e. The average molecular weight is 184 g/mol. The van der Waals surface area contributed by atoms with Gasteiger partial charge in [-0.3, -0.25) is 0 Å². The van der Waals surface area contributed by atoms with Gasteiger partial charge < -0.3 is 9.47 Å². The predicted molar refractivity (Wildman–Crippen MR) is 50.5 cm³/mol. The number of rotatable bonds is 5. The molecule has 0 heterocycles. The molecule has 0 amide bonds. The van der Waals surface area contributed by atoms with Crippen LogP contribution in [0.1, 0.15) is 20.3 Å². The van der Waals surface area contributed by atoms with Crippen LogP contribution >= 0.6 is 0 Å². The summed E-state index contributed by atoms with van der Waals surface area (Å²) in [5.41, 5.74) is 2.49. The fraction of sp³-hybridized carbons (Fsp3) is 0.600. The van der Waals surface area contributed by atoms with E-state index in [9.17, 15) is 4.79 Å². The third-order valence-electron chi connectivity index (χ3n) is 1.34. The quantitative estimate of drug-likeness (QED) is 0.486. The zero-order valence-electron chi connectivity index (χ0n) is 8.21. The average Bonchev–Trinajstić information content (AvgIpc) is 2.04. The van der Waals surface area contributed by atoms with Crippen molar-refractivity contribution in [1.29, 1.82) is 0 Å². The van der Waals surface area contributed by atoms with Crippen LogP contribution in [0.15, 0.2) is 18.4 Å². The molecule has 0 saturated carbocycles. The Morgan fingerprint density at radius 3 is 2.77 bits per heavy atom. The van der Waals surface area contributed by atoms with Gasteiger partial charge in [0.25, 0.3) is 0 Å². The Morgan fingerprint density at radius 1 is 1.54 bits per heavy atom. The molecule has 0 unspecified atom stereocenters. The third-order valence-corrected chi connectivity index (χ3v) is 1.34. The predicted octanol–water partition coefficient (Wildman–Crippen LogP) is 2.53. The maximum absolute atomic E-state index is 10.8. The number of ether oxygens (including phenoxy) is 2. The minimum atomic E-state index is -0.632. The summed E-state index contributed by atoms with van der Waals surface area (Å²) in [7, 11) is 0. The molecule has 0 aromatic rings. The van der Waals surface area contributed by atoms with Crippen LogP contribution in [-0.2, 0) is 9.47 Å². The van der Waals surface area contributed by atoms with E-state index in [2.05, 4.69) is 30.9 Å². The summed E-state index contributed by atoms with van der Waals surface area (Å²) in [6.07, 6.45) is 1.74. The van der Waals surface area contributed by atoms with Crippen LogP contribution in [-0.4, -0.2) is 19.4 Å². The van der Waals surface area contributed by atoms with Crippen LogP contribution < -0.4 is 0 Å². The standard InChI is InChI=1S/C10H16O3/c1-4-5-7-12-10(11)13-8-6-9(2)3/h5,9H,1,6-8H2,2-3H3. The van der Waals surface area contributed by atoms with E-state index in [0.717, 1.165) is 6.42 Å². The summed E-state index contributed by atoms with van der Waals surface area (Å²) in [6.45, 7) is 8.04. The Labute approximate surface area is 79.0 Å². The van der Waals surface area contributed by atoms with Crippen LogP contribution in [0.5, 0.6) is 0 Å². The molecule has 0 N–H and O–H groups in total. The minimum absolute atomic E-state index is 0.171. The molecule has 3 nitrogen and oxygen atoms in total. The molecule has 74 valence electrons. The second kappa shape index (κ2) is 7.44. The molecule has 0 fully saturated rings. The van der Waals surface area contributed by atoms with E-state index in [4.69, 9.17) is 4.74 Å². The largest absolute Gasteiger partial charge is 0.508 e. The fourth-order valence-corrected chi connectivity index (χ4v) is 0.588. The third kappa shape index (κ3) is 8.70. The van der Waals surface area contributed by atoms with Crippen molar-refractivity contribution < 1.29 is 14.3 Å². The first-order chi connectivity index (χ1) is 6.16. The van der Waals surface area contributed by atoms with Gasteiger partial charge in [-0.1, -0.05) is 20.4 Å². The normalized spacial score (nSPS) is 9.15. The van der Waals surface area contributed by atoms with Gasteiger partial charge in [0.1, 0.15) is 6.61 Å². The Morgan fingerprint density at radius 2 is 2.23 bits per heavy atom. The highest BCUT2D eigenvalue weighted by molar-refractivity contribution is 5.59. The Kier molecular flexibility index (Phi) is 6.75. The molecule has 0 saturated heterocycles. The topological polar surface area (TPSA) is 35.5 Å². The lowest BCUT2D eigenvalue weighted by Crippen LogP contribution is -2.09. The van der Waals surface area contributed by atoms with Gasteiger partial charge in [-0.15, -0.1) is 5.73 Å². The van der Waals surface area contributed by atoms with Gasteiger partial charge >= 0.3 is 6.16 Å². The molecule has 0 radical (unpaired) electrons. The number of hydrogen-bond donors (Lipinski definition) is 0. The molecule has 0 atom stereocenters. The summed E-state index contributed by atoms with van der Waals surface area (Å²) in [5, 5.41) is 0. The molecule has 0 bridgehead atoms. The molecule has 0 aromatic heterocycles. The summed E-state index contributed by atoms with van der Waals surface area (Å²) in [6, 6.07) is 0. The fourth-order valence-electron chi connectivity index (χ4n) is 0.588. The molecule has 0 aliphatic rings. The lowest BCUT2D eigenvalue weighted by atomic mass is 10.1. The Bertz CT molecular complexity index is 190. The van der Waals surface area contributed by atoms with Crippen molar-refractivity contribution in [3.63, 3.8) is 0 Å². The highest BCUT2D eigenvalue weighted by atomic mass is 16.7. The zero-order valence-corrected chi connectivity index (χ0v) is 8.21. The van der Waals surface area contributed by atoms with Crippen molar-refractivity contribution in [3.05, 3.63) is 18.4 Å². The zero-order chi connectivity index (χ0) is 10.1. The molecule has 0 spiro atoms. The molecule has 0 aliphatic heterocycles. The van der Waals surface area contributed by atoms with Crippen molar-refractivity contribution in [2.75, 3.05) is 13.2 Å². The highest BCUT2D eigenvalue weighted by Crippen LogP contribution is 1.99. The van der Waals surface area contributed by atoms with Crippen LogP contribution in [0.4, 0.5) is 4.79 Å². The molecule has 3 heteroatoms. The molecule has 0 rings (SSSR count). The van der Waals surface area contributed by atoms with E-state index < -0.39 is 6.16 Å². The van der Waals surface area contributed by atoms with Crippen molar-refractivity contribution >= 4 is 6.16 Å². The number of carbonyl (C=O) groups excluding carboxylic acids is 1. The van der Waals surface area contributed by atoms with Crippen LogP contribution in [0.2, 0.25) is 0 Å². The molecule has 13 heavy (non-hydrogen) atoms. The van der Waals surface area contributed by atoms with E-state index in [1.807, 2.05) is 0 Å². The van der Waals surface area contributed by atoms with Crippen molar-refractivity contribution in [3.8, 4) is 0 Å². The summed E-state index contributed by atoms with van der Waals surface area (Å²) in [5.74, 6) is 0.529. The molecular formula is C10H16O3. The first kappa shape index (κ1) is 11.8. The monoisotopic (exact) mass is 184 g/mol. The van der Waals surface area contributed by atoms with Crippen molar-refractivity contribution in [2.45, 2.75) is 20.3 Å². The van der Waals surface area contributed by atoms with Crippen LogP contribution in [0.3, 0.4) is 0 Å². The minimum Gasteiger partial charge on any atom is -0.434 e. The van der Waals surface area contributed by atoms with Crippen LogP contribution in [0.25, 0.3) is 0 Å². The van der Waals surface area contributed by atoms with Crippen LogP contribution in [0, 0.1) is 5.92 Å². The molecular weight excluding hydrogens is 168 g/mol. The Balaban J connectivity index is 3.35. The summed E-state index contributed by atoms with van der Waals surface area (Å²) >= 11 is 0. The first-order valence-electron chi connectivity index (χ1n) is 4.30. The number of hydrogen-bond acceptors (Lipinski definition) is 3. The lowest BCUT2D eigenvalue weighted by molar-refractivity contribution is 0.0601. The van der Waals surface area contributed by atoms with Crippen molar-refractivity contribution in [2.24, 2.45) is 5.92 Å². The van der Waals surface area contributed by atoms with Gasteiger partial charge in [-0.25, -0.2) is 4.79 Å². The van der Waals surface area contributed by atoms with Gasteiger partial charge in [0.05, 0.1) is 6.61 Å². The highest BCUT2D eigenvalue weighted by Gasteiger charge is 2.02. The SMILES string of the molecule is C=C=CCOC(=O)OCCC(C)C. The van der Waals surface area contributed by atoms with Gasteiger partial charge in [0, 0.05) is 0 Å². The van der Waals surface area contributed by atoms with Crippen molar-refractivity contribution in [1.82, 2.24) is 0 Å². The Hall–Kier alpha value is -1.21. The van der Waals surface area contributed by atoms with E-state index in [1.165, 1.54) is 6.08 Å². The van der Waals surface area contributed by atoms with Gasteiger partial charge in [-0.05, 0) is 18.4 Å². The van der Waals surface area contributed by atoms with Gasteiger partial charge in [0.2, 0.25) is 0 Å². The summed E-state index contributed by atoms with van der Waals surface area (Å²) < 4.78 is 9.42. The maximum Gasteiger partial charge on any atom is 0.508 e. The van der Waals surface area contributed by atoms with E-state index in [1.54, 1.807) is 0 Å². The van der Waals surface area contributed by atoms with E-state index >= 15 is 0 Å².